The summed E-state index contributed by atoms with van der Waals surface area (Å²) in [5, 5.41) is 0. The molecule has 0 N–H and O–H groups in total. The van der Waals surface area contributed by atoms with Crippen molar-refractivity contribution in [3.05, 3.63) is 47.5 Å². The van der Waals surface area contributed by atoms with Gasteiger partial charge in [0, 0.05) is 0 Å². The average molecular weight is 202 g/mol. The van der Waals surface area contributed by atoms with E-state index in [4.69, 9.17) is 0 Å². The molecule has 0 saturated carbocycles. The number of hydrogen-bond acceptors (Lipinski definition) is 0. The molecule has 0 aromatic heterocycles. The average Bonchev–Trinajstić information content (AvgIpc) is 2.14. The van der Waals surface area contributed by atoms with Gasteiger partial charge in [-0.3, -0.25) is 0 Å². The lowest BCUT2D eigenvalue weighted by molar-refractivity contribution is 0.411. The Kier molecular flexibility index (Phi) is 4.14. The third-order valence-corrected chi connectivity index (χ3v) is 2.35. The standard InChI is InChI=1S/C15H22/c1-5-6-7-13-8-10-14(11-9-13)12-15(2,3)4/h5-6,8-11H,7,12H2,1-4H3. The summed E-state index contributed by atoms with van der Waals surface area (Å²) in [7, 11) is 0. The van der Waals surface area contributed by atoms with Crippen molar-refractivity contribution in [2.45, 2.75) is 40.5 Å². The van der Waals surface area contributed by atoms with Crippen molar-refractivity contribution in [3.8, 4) is 0 Å². The molecule has 0 radical (unpaired) electrons. The number of allylic oxidation sites excluding steroid dienone is 2. The molecule has 1 aromatic rings. The number of hydrogen-bond donors (Lipinski definition) is 0. The zero-order chi connectivity index (χ0) is 11.3. The Bertz CT molecular complexity index is 309. The van der Waals surface area contributed by atoms with Crippen LogP contribution in [0.2, 0.25) is 0 Å². The highest BCUT2D eigenvalue weighted by Crippen LogP contribution is 2.20. The summed E-state index contributed by atoms with van der Waals surface area (Å²) < 4.78 is 0. The molecule has 0 nitrogen and oxygen atoms in total. The fourth-order valence-electron chi connectivity index (χ4n) is 1.66. The van der Waals surface area contributed by atoms with Gasteiger partial charge in [-0.25, -0.2) is 0 Å². The van der Waals surface area contributed by atoms with E-state index >= 15 is 0 Å². The normalized spacial score (nSPS) is 12.3. The molecule has 0 unspecified atom stereocenters. The van der Waals surface area contributed by atoms with E-state index in [1.54, 1.807) is 0 Å². The van der Waals surface area contributed by atoms with Gasteiger partial charge in [-0.05, 0) is 36.3 Å². The maximum Gasteiger partial charge on any atom is -0.00976 e. The van der Waals surface area contributed by atoms with Crippen LogP contribution in [0, 0.1) is 5.41 Å². The smallest absolute Gasteiger partial charge is 0.00976 e. The van der Waals surface area contributed by atoms with Crippen molar-refractivity contribution in [3.63, 3.8) is 0 Å². The van der Waals surface area contributed by atoms with Crippen LogP contribution in [0.15, 0.2) is 36.4 Å². The first-order valence-corrected chi connectivity index (χ1v) is 5.70. The summed E-state index contributed by atoms with van der Waals surface area (Å²) in [6, 6.07) is 8.98. The van der Waals surface area contributed by atoms with Gasteiger partial charge in [0.15, 0.2) is 0 Å². The van der Waals surface area contributed by atoms with E-state index in [2.05, 4.69) is 64.1 Å². The maximum absolute atomic E-state index is 2.28. The molecule has 0 heterocycles. The van der Waals surface area contributed by atoms with Gasteiger partial charge in [0.25, 0.3) is 0 Å². The van der Waals surface area contributed by atoms with Crippen molar-refractivity contribution >= 4 is 0 Å². The van der Waals surface area contributed by atoms with Crippen molar-refractivity contribution < 1.29 is 0 Å². The molecular weight excluding hydrogens is 180 g/mol. The molecule has 0 bridgehead atoms. The number of benzene rings is 1. The van der Waals surface area contributed by atoms with Gasteiger partial charge in [-0.2, -0.15) is 0 Å². The first kappa shape index (κ1) is 12.0. The van der Waals surface area contributed by atoms with E-state index in [9.17, 15) is 0 Å². The van der Waals surface area contributed by atoms with E-state index in [1.165, 1.54) is 11.1 Å². The third-order valence-electron chi connectivity index (χ3n) is 2.35. The molecule has 0 amide bonds. The van der Waals surface area contributed by atoms with Crippen LogP contribution in [0.25, 0.3) is 0 Å². The molecule has 1 rings (SSSR count). The second-order valence-corrected chi connectivity index (χ2v) is 5.33. The number of rotatable bonds is 3. The molecule has 0 spiro atoms. The van der Waals surface area contributed by atoms with E-state index in [-0.39, 0.29) is 0 Å². The lowest BCUT2D eigenvalue weighted by atomic mass is 9.88. The molecule has 0 aliphatic carbocycles. The van der Waals surface area contributed by atoms with Gasteiger partial charge < -0.3 is 0 Å². The fourth-order valence-corrected chi connectivity index (χ4v) is 1.66. The second-order valence-electron chi connectivity index (χ2n) is 5.33. The van der Waals surface area contributed by atoms with Crippen LogP contribution in [0.1, 0.15) is 38.8 Å². The fraction of sp³-hybridized carbons (Fsp3) is 0.467. The molecule has 82 valence electrons. The van der Waals surface area contributed by atoms with Crippen LogP contribution in [-0.2, 0) is 12.8 Å². The zero-order valence-electron chi connectivity index (χ0n) is 10.4. The third kappa shape index (κ3) is 4.83. The molecule has 0 atom stereocenters. The van der Waals surface area contributed by atoms with Crippen molar-refractivity contribution in [2.75, 3.05) is 0 Å². The predicted molar refractivity (Wildman–Crippen MR) is 68.1 cm³/mol. The quantitative estimate of drug-likeness (QED) is 0.637. The summed E-state index contributed by atoms with van der Waals surface area (Å²) >= 11 is 0. The summed E-state index contributed by atoms with van der Waals surface area (Å²) in [4.78, 5) is 0. The minimum Gasteiger partial charge on any atom is -0.0913 e. The van der Waals surface area contributed by atoms with Crippen molar-refractivity contribution in [1.29, 1.82) is 0 Å². The predicted octanol–water partition coefficient (Wildman–Crippen LogP) is 4.39. The topological polar surface area (TPSA) is 0 Å². The molecule has 0 heteroatoms. The Morgan fingerprint density at radius 3 is 2.00 bits per heavy atom. The minimum absolute atomic E-state index is 0.380. The summed E-state index contributed by atoms with van der Waals surface area (Å²) in [5.41, 5.74) is 3.21. The van der Waals surface area contributed by atoms with Crippen LogP contribution in [0.3, 0.4) is 0 Å². The summed E-state index contributed by atoms with van der Waals surface area (Å²) in [6.07, 6.45) is 6.49. The van der Waals surface area contributed by atoms with Gasteiger partial charge in [0.05, 0.1) is 0 Å². The van der Waals surface area contributed by atoms with Crippen LogP contribution in [0.5, 0.6) is 0 Å². The van der Waals surface area contributed by atoms with Gasteiger partial charge >= 0.3 is 0 Å². The lowest BCUT2D eigenvalue weighted by Gasteiger charge is -2.18. The zero-order valence-corrected chi connectivity index (χ0v) is 10.4. The van der Waals surface area contributed by atoms with Gasteiger partial charge in [0.2, 0.25) is 0 Å². The molecule has 15 heavy (non-hydrogen) atoms. The summed E-state index contributed by atoms with van der Waals surface area (Å²) in [6.45, 7) is 8.90. The highest BCUT2D eigenvalue weighted by molar-refractivity contribution is 5.24. The lowest BCUT2D eigenvalue weighted by Crippen LogP contribution is -2.08. The maximum atomic E-state index is 2.28. The molecular formula is C15H22. The Labute approximate surface area is 94.0 Å². The van der Waals surface area contributed by atoms with Gasteiger partial charge in [-0.1, -0.05) is 57.2 Å². The Hall–Kier alpha value is -1.04. The monoisotopic (exact) mass is 202 g/mol. The van der Waals surface area contributed by atoms with Crippen molar-refractivity contribution in [1.82, 2.24) is 0 Å². The Balaban J connectivity index is 2.64. The van der Waals surface area contributed by atoms with Crippen LogP contribution in [-0.4, -0.2) is 0 Å². The first-order chi connectivity index (χ1) is 7.01. The Morgan fingerprint density at radius 1 is 1.00 bits per heavy atom. The first-order valence-electron chi connectivity index (χ1n) is 5.70. The molecule has 0 aliphatic rings. The second kappa shape index (κ2) is 5.16. The highest BCUT2D eigenvalue weighted by atomic mass is 14.2. The van der Waals surface area contributed by atoms with Gasteiger partial charge in [-0.15, -0.1) is 0 Å². The minimum atomic E-state index is 0.380. The van der Waals surface area contributed by atoms with Crippen LogP contribution >= 0.6 is 0 Å². The van der Waals surface area contributed by atoms with E-state index < -0.39 is 0 Å². The van der Waals surface area contributed by atoms with E-state index in [0.29, 0.717) is 5.41 Å². The largest absolute Gasteiger partial charge is 0.0913 e. The van der Waals surface area contributed by atoms with E-state index in [0.717, 1.165) is 12.8 Å². The van der Waals surface area contributed by atoms with Crippen LogP contribution in [0.4, 0.5) is 0 Å². The SMILES string of the molecule is CC=CCc1ccc(CC(C)(C)C)cc1. The van der Waals surface area contributed by atoms with Crippen molar-refractivity contribution in [2.24, 2.45) is 5.41 Å². The van der Waals surface area contributed by atoms with E-state index in [1.807, 2.05) is 0 Å². The molecule has 1 aromatic carbocycles. The molecule has 0 aliphatic heterocycles. The molecule has 0 saturated heterocycles. The Morgan fingerprint density at radius 2 is 1.53 bits per heavy atom. The highest BCUT2D eigenvalue weighted by Gasteiger charge is 2.10. The summed E-state index contributed by atoms with van der Waals surface area (Å²) in [5.74, 6) is 0. The van der Waals surface area contributed by atoms with Gasteiger partial charge in [0.1, 0.15) is 0 Å². The molecule has 0 fully saturated rings. The van der Waals surface area contributed by atoms with Crippen LogP contribution < -0.4 is 0 Å².